The first kappa shape index (κ1) is 12.8. The van der Waals surface area contributed by atoms with Crippen molar-refractivity contribution in [3.8, 4) is 0 Å². The van der Waals surface area contributed by atoms with Gasteiger partial charge in [0.15, 0.2) is 0 Å². The average molecular weight is 249 g/mol. The molecule has 1 aromatic rings. The van der Waals surface area contributed by atoms with Crippen LogP contribution < -0.4 is 11.1 Å². The summed E-state index contributed by atoms with van der Waals surface area (Å²) in [5, 5.41) is 3.01. The monoisotopic (exact) mass is 249 g/mol. The number of methoxy groups -OCH3 is 1. The lowest BCUT2D eigenvalue weighted by Crippen LogP contribution is -2.61. The lowest BCUT2D eigenvalue weighted by atomic mass is 9.64. The predicted molar refractivity (Wildman–Crippen MR) is 69.1 cm³/mol. The number of carbonyl (C=O) groups is 1. The van der Waals surface area contributed by atoms with Gasteiger partial charge in [-0.3, -0.25) is 4.79 Å². The van der Waals surface area contributed by atoms with E-state index < -0.39 is 0 Å². The van der Waals surface area contributed by atoms with E-state index in [1.165, 1.54) is 6.20 Å². The average Bonchev–Trinajstić information content (AvgIpc) is 2.34. The van der Waals surface area contributed by atoms with E-state index >= 15 is 0 Å². The molecule has 1 saturated carbocycles. The molecule has 98 valence electrons. The molecule has 2 unspecified atom stereocenters. The smallest absolute Gasteiger partial charge is 0.253 e. The van der Waals surface area contributed by atoms with Crippen LogP contribution in [0.5, 0.6) is 0 Å². The first-order chi connectivity index (χ1) is 8.45. The van der Waals surface area contributed by atoms with Gasteiger partial charge in [0.05, 0.1) is 11.7 Å². The van der Waals surface area contributed by atoms with Crippen molar-refractivity contribution in [1.29, 1.82) is 0 Å². The van der Waals surface area contributed by atoms with Crippen LogP contribution in [0.1, 0.15) is 30.6 Å². The lowest BCUT2D eigenvalue weighted by molar-refractivity contribution is -0.0942. The summed E-state index contributed by atoms with van der Waals surface area (Å²) >= 11 is 0. The standard InChI is InChI=1S/C13H19N3O2/c1-13(2)9(6-10(13)18-3)16-12(17)8-4-5-11(14)15-7-8/h4-5,7,9-10H,6H2,1-3H3,(H2,14,15)(H,16,17). The Hall–Kier alpha value is -1.62. The SMILES string of the molecule is COC1CC(NC(=O)c2ccc(N)nc2)C1(C)C. The molecule has 18 heavy (non-hydrogen) atoms. The fourth-order valence-electron chi connectivity index (χ4n) is 2.31. The van der Waals surface area contributed by atoms with Gasteiger partial charge in [-0.15, -0.1) is 0 Å². The van der Waals surface area contributed by atoms with Gasteiger partial charge in [0.25, 0.3) is 5.91 Å². The molecule has 5 heteroatoms. The third kappa shape index (κ3) is 2.18. The first-order valence-electron chi connectivity index (χ1n) is 6.00. The Kier molecular flexibility index (Phi) is 3.26. The van der Waals surface area contributed by atoms with Gasteiger partial charge in [0, 0.05) is 24.8 Å². The highest BCUT2D eigenvalue weighted by Gasteiger charge is 2.49. The van der Waals surface area contributed by atoms with Crippen molar-refractivity contribution in [2.45, 2.75) is 32.4 Å². The number of nitrogens with two attached hydrogens (primary N) is 1. The van der Waals surface area contributed by atoms with Crippen LogP contribution in [0.3, 0.4) is 0 Å². The number of nitrogen functional groups attached to an aromatic ring is 1. The van der Waals surface area contributed by atoms with Crippen molar-refractivity contribution < 1.29 is 9.53 Å². The van der Waals surface area contributed by atoms with E-state index in [9.17, 15) is 4.79 Å². The Bertz CT molecular complexity index is 442. The maximum absolute atomic E-state index is 12.0. The summed E-state index contributed by atoms with van der Waals surface area (Å²) in [6.45, 7) is 4.19. The Morgan fingerprint density at radius 1 is 1.56 bits per heavy atom. The number of rotatable bonds is 3. The number of hydrogen-bond donors (Lipinski definition) is 2. The largest absolute Gasteiger partial charge is 0.384 e. The molecule has 1 aromatic heterocycles. The van der Waals surface area contributed by atoms with Gasteiger partial charge in [0.2, 0.25) is 0 Å². The van der Waals surface area contributed by atoms with Crippen molar-refractivity contribution in [2.75, 3.05) is 12.8 Å². The van der Waals surface area contributed by atoms with Crippen LogP contribution in [0.4, 0.5) is 5.82 Å². The third-order valence-corrected chi connectivity index (χ3v) is 3.82. The van der Waals surface area contributed by atoms with E-state index in [1.54, 1.807) is 19.2 Å². The Morgan fingerprint density at radius 3 is 2.78 bits per heavy atom. The molecular weight excluding hydrogens is 230 g/mol. The molecule has 1 aliphatic rings. The number of carbonyl (C=O) groups excluding carboxylic acids is 1. The van der Waals surface area contributed by atoms with Crippen molar-refractivity contribution >= 4 is 11.7 Å². The molecule has 3 N–H and O–H groups in total. The maximum atomic E-state index is 12.0. The number of nitrogens with zero attached hydrogens (tertiary/aromatic N) is 1. The molecule has 1 amide bonds. The van der Waals surface area contributed by atoms with Crippen molar-refractivity contribution in [2.24, 2.45) is 5.41 Å². The minimum Gasteiger partial charge on any atom is -0.384 e. The van der Waals surface area contributed by atoms with Crippen molar-refractivity contribution in [3.63, 3.8) is 0 Å². The van der Waals surface area contributed by atoms with Gasteiger partial charge < -0.3 is 15.8 Å². The van der Waals surface area contributed by atoms with Gasteiger partial charge in [-0.25, -0.2) is 4.98 Å². The maximum Gasteiger partial charge on any atom is 0.253 e. The third-order valence-electron chi connectivity index (χ3n) is 3.82. The van der Waals surface area contributed by atoms with Gasteiger partial charge in [-0.2, -0.15) is 0 Å². The number of pyridine rings is 1. The number of aromatic nitrogens is 1. The molecule has 2 rings (SSSR count). The number of amides is 1. The van der Waals surface area contributed by atoms with Crippen LogP contribution in [-0.4, -0.2) is 30.1 Å². The highest BCUT2D eigenvalue weighted by Crippen LogP contribution is 2.42. The second-order valence-electron chi connectivity index (χ2n) is 5.28. The van der Waals surface area contributed by atoms with E-state index in [2.05, 4.69) is 24.1 Å². The highest BCUT2D eigenvalue weighted by molar-refractivity contribution is 5.94. The molecule has 0 spiro atoms. The zero-order valence-electron chi connectivity index (χ0n) is 10.9. The number of nitrogens with one attached hydrogen (secondary N) is 1. The van der Waals surface area contributed by atoms with Gasteiger partial charge in [-0.05, 0) is 18.6 Å². The molecule has 2 atom stereocenters. The summed E-state index contributed by atoms with van der Waals surface area (Å²) < 4.78 is 5.35. The Morgan fingerprint density at radius 2 is 2.28 bits per heavy atom. The fourth-order valence-corrected chi connectivity index (χ4v) is 2.31. The fraction of sp³-hybridized carbons (Fsp3) is 0.538. The van der Waals surface area contributed by atoms with Crippen LogP contribution in [0.2, 0.25) is 0 Å². The summed E-state index contributed by atoms with van der Waals surface area (Å²) in [7, 11) is 1.70. The quantitative estimate of drug-likeness (QED) is 0.844. The molecule has 1 aliphatic carbocycles. The summed E-state index contributed by atoms with van der Waals surface area (Å²) in [4.78, 5) is 15.9. The number of anilines is 1. The molecule has 0 aliphatic heterocycles. The predicted octanol–water partition coefficient (Wildman–Crippen LogP) is 1.21. The lowest BCUT2D eigenvalue weighted by Gasteiger charge is -2.51. The first-order valence-corrected chi connectivity index (χ1v) is 6.00. The molecule has 0 radical (unpaired) electrons. The van der Waals surface area contributed by atoms with E-state index in [0.717, 1.165) is 6.42 Å². The van der Waals surface area contributed by atoms with E-state index in [0.29, 0.717) is 11.4 Å². The zero-order valence-corrected chi connectivity index (χ0v) is 10.9. The highest BCUT2D eigenvalue weighted by atomic mass is 16.5. The molecular formula is C13H19N3O2. The Labute approximate surface area is 107 Å². The van der Waals surface area contributed by atoms with Crippen LogP contribution in [-0.2, 0) is 4.74 Å². The molecule has 1 heterocycles. The number of hydrogen-bond acceptors (Lipinski definition) is 4. The van der Waals surface area contributed by atoms with Crippen LogP contribution >= 0.6 is 0 Å². The minimum atomic E-state index is -0.116. The van der Waals surface area contributed by atoms with Gasteiger partial charge in [0.1, 0.15) is 5.82 Å². The zero-order chi connectivity index (χ0) is 13.3. The molecule has 0 aromatic carbocycles. The van der Waals surface area contributed by atoms with Gasteiger partial charge in [-0.1, -0.05) is 13.8 Å². The molecule has 0 bridgehead atoms. The Balaban J connectivity index is 1.99. The minimum absolute atomic E-state index is 0.0361. The van der Waals surface area contributed by atoms with E-state index in [4.69, 9.17) is 10.5 Å². The summed E-state index contributed by atoms with van der Waals surface area (Å²) in [6.07, 6.45) is 2.54. The normalized spacial score (nSPS) is 25.3. The van der Waals surface area contributed by atoms with Crippen molar-refractivity contribution in [3.05, 3.63) is 23.9 Å². The summed E-state index contributed by atoms with van der Waals surface area (Å²) in [5.74, 6) is 0.296. The second-order valence-corrected chi connectivity index (χ2v) is 5.28. The van der Waals surface area contributed by atoms with Crippen LogP contribution in [0.15, 0.2) is 18.3 Å². The molecule has 5 nitrogen and oxygen atoms in total. The molecule has 1 fully saturated rings. The number of ether oxygens (including phenoxy) is 1. The van der Waals surface area contributed by atoms with Crippen LogP contribution in [0.25, 0.3) is 0 Å². The van der Waals surface area contributed by atoms with E-state index in [-0.39, 0.29) is 23.5 Å². The summed E-state index contributed by atoms with van der Waals surface area (Å²) in [5.41, 5.74) is 5.98. The van der Waals surface area contributed by atoms with Gasteiger partial charge >= 0.3 is 0 Å². The van der Waals surface area contributed by atoms with Crippen LogP contribution in [0, 0.1) is 5.41 Å². The topological polar surface area (TPSA) is 77.2 Å². The second kappa shape index (κ2) is 4.57. The van der Waals surface area contributed by atoms with E-state index in [1.807, 2.05) is 0 Å². The summed E-state index contributed by atoms with van der Waals surface area (Å²) in [6, 6.07) is 3.43. The van der Waals surface area contributed by atoms with Crippen molar-refractivity contribution in [1.82, 2.24) is 10.3 Å². The molecule has 0 saturated heterocycles.